The Morgan fingerprint density at radius 3 is 1.33 bits per heavy atom. The van der Waals surface area contributed by atoms with Gasteiger partial charge in [-0.3, -0.25) is 4.57 Å². The summed E-state index contributed by atoms with van der Waals surface area (Å²) in [5.41, 5.74) is 6.39. The number of rotatable bonds is 4. The summed E-state index contributed by atoms with van der Waals surface area (Å²) in [6.07, 6.45) is 0. The average molecular weight is 687 g/mol. The minimum absolute atomic E-state index is 0.604. The van der Waals surface area contributed by atoms with Gasteiger partial charge in [-0.2, -0.15) is 9.97 Å². The third-order valence-electron chi connectivity index (χ3n) is 9.89. The summed E-state index contributed by atoms with van der Waals surface area (Å²) in [6, 6.07) is 55.7. The molecule has 0 unspecified atom stereocenters. The molecule has 0 aliphatic rings. The first kappa shape index (κ1) is 28.6. The van der Waals surface area contributed by atoms with E-state index in [2.05, 4.69) is 138 Å². The van der Waals surface area contributed by atoms with Crippen molar-refractivity contribution in [3.8, 4) is 39.9 Å². The molecule has 4 heterocycles. The van der Waals surface area contributed by atoms with Gasteiger partial charge in [-0.1, -0.05) is 133 Å². The van der Waals surface area contributed by atoms with Crippen LogP contribution in [0.2, 0.25) is 0 Å². The van der Waals surface area contributed by atoms with E-state index in [1.54, 1.807) is 0 Å². The van der Waals surface area contributed by atoms with E-state index in [4.69, 9.17) is 15.0 Å². The fourth-order valence-corrected chi connectivity index (χ4v) is 10.0. The summed E-state index contributed by atoms with van der Waals surface area (Å²) in [6.45, 7) is 0. The fourth-order valence-electron chi connectivity index (χ4n) is 7.51. The molecule has 0 fully saturated rings. The Hall–Kier alpha value is -6.21. The lowest BCUT2D eigenvalue weighted by atomic mass is 10.0. The van der Waals surface area contributed by atoms with Crippen LogP contribution >= 0.6 is 22.7 Å². The summed E-state index contributed by atoms with van der Waals surface area (Å²) in [5, 5.41) is 7.63. The second-order valence-electron chi connectivity index (χ2n) is 12.8. The molecule has 4 aromatic heterocycles. The first-order valence-electron chi connectivity index (χ1n) is 16.9. The molecular weight excluding hydrogens is 661 g/mol. The average Bonchev–Trinajstić information content (AvgIpc) is 3.88. The molecule has 0 atom stereocenters. The summed E-state index contributed by atoms with van der Waals surface area (Å²) in [7, 11) is 0. The summed E-state index contributed by atoms with van der Waals surface area (Å²) in [4.78, 5) is 15.6. The van der Waals surface area contributed by atoms with Gasteiger partial charge in [-0.25, -0.2) is 4.98 Å². The molecule has 238 valence electrons. The zero-order valence-electron chi connectivity index (χ0n) is 27.1. The standard InChI is InChI=1S/C45H26N4S2/c1-3-11-27(12-4-1)28-19-21-30(22-20-28)44-46-43(29-13-5-2-6-14-29)47-45(48-44)49-35-25-23-33-31-15-7-9-17-37(31)50-41(33)39(35)40-36(49)26-24-34-32-16-8-10-18-38(32)51-42(34)40/h1-26H. The van der Waals surface area contributed by atoms with Gasteiger partial charge in [-0.05, 0) is 35.4 Å². The molecule has 0 aliphatic heterocycles. The molecule has 7 aromatic carbocycles. The lowest BCUT2D eigenvalue weighted by Gasteiger charge is -2.11. The molecular formula is C45H26N4S2. The number of hydrogen-bond acceptors (Lipinski definition) is 5. The molecule has 0 spiro atoms. The molecule has 0 bridgehead atoms. The highest BCUT2D eigenvalue weighted by Gasteiger charge is 2.23. The maximum Gasteiger partial charge on any atom is 0.238 e. The van der Waals surface area contributed by atoms with Crippen LogP contribution in [0.3, 0.4) is 0 Å². The minimum Gasteiger partial charge on any atom is -0.278 e. The van der Waals surface area contributed by atoms with Crippen LogP contribution in [-0.4, -0.2) is 19.5 Å². The van der Waals surface area contributed by atoms with Crippen molar-refractivity contribution in [3.05, 3.63) is 158 Å². The van der Waals surface area contributed by atoms with E-state index in [1.165, 1.54) is 56.7 Å². The third-order valence-corrected chi connectivity index (χ3v) is 12.3. The van der Waals surface area contributed by atoms with Gasteiger partial charge in [0, 0.05) is 62.2 Å². The van der Waals surface area contributed by atoms with Crippen molar-refractivity contribution in [2.75, 3.05) is 0 Å². The van der Waals surface area contributed by atoms with E-state index in [-0.39, 0.29) is 0 Å². The van der Waals surface area contributed by atoms with Gasteiger partial charge in [0.15, 0.2) is 11.6 Å². The van der Waals surface area contributed by atoms with E-state index < -0.39 is 0 Å². The van der Waals surface area contributed by atoms with Crippen LogP contribution in [0.5, 0.6) is 0 Å². The molecule has 6 heteroatoms. The monoisotopic (exact) mass is 686 g/mol. The number of benzene rings is 7. The maximum absolute atomic E-state index is 5.27. The van der Waals surface area contributed by atoms with Crippen molar-refractivity contribution < 1.29 is 0 Å². The SMILES string of the molecule is c1ccc(-c2ccc(-c3nc(-c4ccccc4)nc(-n4c5ccc6c7ccccc7sc6c5c5c6sc7ccccc7c6ccc54)n3)cc2)cc1. The Labute approximate surface area is 300 Å². The molecule has 0 saturated carbocycles. The highest BCUT2D eigenvalue weighted by atomic mass is 32.1. The van der Waals surface area contributed by atoms with Crippen LogP contribution in [0.4, 0.5) is 0 Å². The molecule has 0 saturated heterocycles. The molecule has 51 heavy (non-hydrogen) atoms. The Balaban J connectivity index is 1.23. The van der Waals surface area contributed by atoms with Crippen LogP contribution in [0, 0.1) is 0 Å². The highest BCUT2D eigenvalue weighted by molar-refractivity contribution is 7.28. The molecule has 11 rings (SSSR count). The number of hydrogen-bond donors (Lipinski definition) is 0. The Morgan fingerprint density at radius 1 is 0.353 bits per heavy atom. The van der Waals surface area contributed by atoms with Gasteiger partial charge in [0.2, 0.25) is 5.95 Å². The fraction of sp³-hybridized carbons (Fsp3) is 0. The second-order valence-corrected chi connectivity index (χ2v) is 14.9. The predicted molar refractivity (Wildman–Crippen MR) is 216 cm³/mol. The smallest absolute Gasteiger partial charge is 0.238 e. The van der Waals surface area contributed by atoms with Crippen molar-refractivity contribution in [2.45, 2.75) is 0 Å². The molecule has 0 radical (unpaired) electrons. The number of aromatic nitrogens is 4. The van der Waals surface area contributed by atoms with Crippen LogP contribution in [0.15, 0.2) is 158 Å². The van der Waals surface area contributed by atoms with Gasteiger partial charge < -0.3 is 0 Å². The van der Waals surface area contributed by atoms with E-state index in [0.717, 1.165) is 27.7 Å². The van der Waals surface area contributed by atoms with Gasteiger partial charge in [0.1, 0.15) is 0 Å². The van der Waals surface area contributed by atoms with Gasteiger partial charge in [0.25, 0.3) is 0 Å². The first-order valence-corrected chi connectivity index (χ1v) is 18.6. The number of fused-ring (bicyclic) bond motifs is 11. The van der Waals surface area contributed by atoms with Crippen LogP contribution < -0.4 is 0 Å². The van der Waals surface area contributed by atoms with Crippen molar-refractivity contribution in [3.63, 3.8) is 0 Å². The van der Waals surface area contributed by atoms with Crippen molar-refractivity contribution in [1.82, 2.24) is 19.5 Å². The molecule has 11 aromatic rings. The summed E-state index contributed by atoms with van der Waals surface area (Å²) < 4.78 is 7.41. The van der Waals surface area contributed by atoms with Crippen LogP contribution in [-0.2, 0) is 0 Å². The molecule has 0 aliphatic carbocycles. The topological polar surface area (TPSA) is 43.6 Å². The van der Waals surface area contributed by atoms with Gasteiger partial charge in [-0.15, -0.1) is 22.7 Å². The van der Waals surface area contributed by atoms with Crippen molar-refractivity contribution >= 4 is 84.8 Å². The molecule has 0 amide bonds. The van der Waals surface area contributed by atoms with Crippen molar-refractivity contribution in [1.29, 1.82) is 0 Å². The normalized spacial score (nSPS) is 11.9. The minimum atomic E-state index is 0.604. The third kappa shape index (κ3) is 4.40. The Morgan fingerprint density at radius 2 is 0.784 bits per heavy atom. The van der Waals surface area contributed by atoms with E-state index in [0.29, 0.717) is 17.6 Å². The van der Waals surface area contributed by atoms with Crippen LogP contribution in [0.25, 0.3) is 102 Å². The van der Waals surface area contributed by atoms with Gasteiger partial charge >= 0.3 is 0 Å². The Kier molecular flexibility index (Phi) is 6.26. The number of nitrogens with zero attached hydrogens (tertiary/aromatic N) is 4. The van der Waals surface area contributed by atoms with E-state index in [9.17, 15) is 0 Å². The molecule has 0 N–H and O–H groups in total. The lowest BCUT2D eigenvalue weighted by molar-refractivity contribution is 0.954. The summed E-state index contributed by atoms with van der Waals surface area (Å²) in [5.74, 6) is 1.88. The number of thiophene rings is 2. The van der Waals surface area contributed by atoms with E-state index >= 15 is 0 Å². The lowest BCUT2D eigenvalue weighted by Crippen LogP contribution is -2.06. The second kappa shape index (κ2) is 11.2. The van der Waals surface area contributed by atoms with E-state index in [1.807, 2.05) is 46.9 Å². The first-order chi connectivity index (χ1) is 25.3. The quantitative estimate of drug-likeness (QED) is 0.185. The molecule has 4 nitrogen and oxygen atoms in total. The largest absolute Gasteiger partial charge is 0.278 e. The zero-order chi connectivity index (χ0) is 33.5. The summed E-state index contributed by atoms with van der Waals surface area (Å²) >= 11 is 3.74. The van der Waals surface area contributed by atoms with Gasteiger partial charge in [0.05, 0.1) is 11.0 Å². The zero-order valence-corrected chi connectivity index (χ0v) is 28.7. The van der Waals surface area contributed by atoms with Crippen molar-refractivity contribution in [2.24, 2.45) is 0 Å². The van der Waals surface area contributed by atoms with Crippen LogP contribution in [0.1, 0.15) is 0 Å². The Bertz CT molecular complexity index is 2990. The maximum atomic E-state index is 5.27. The highest BCUT2D eigenvalue weighted by Crippen LogP contribution is 2.48. The predicted octanol–water partition coefficient (Wildman–Crippen LogP) is 12.7.